The second-order valence-electron chi connectivity index (χ2n) is 8.28. The molecule has 1 N–H and O–H groups in total. The van der Waals surface area contributed by atoms with Crippen molar-refractivity contribution in [1.82, 2.24) is 10.4 Å². The molecule has 2 aromatic rings. The highest BCUT2D eigenvalue weighted by atomic mass is 17.3. The Hall–Kier alpha value is -2.54. The minimum atomic E-state index is 0.666. The smallest absolute Gasteiger partial charge is 0.161 e. The van der Waals surface area contributed by atoms with Gasteiger partial charge in [-0.3, -0.25) is 4.90 Å². The third kappa shape index (κ3) is 5.03. The number of rotatable bonds is 9. The average Bonchev–Trinajstić information content (AvgIpc) is 3.14. The van der Waals surface area contributed by atoms with Crippen LogP contribution in [0.3, 0.4) is 0 Å². The van der Waals surface area contributed by atoms with Crippen LogP contribution in [-0.4, -0.2) is 39.3 Å². The molecule has 4 rings (SSSR count). The molecule has 166 valence electrons. The van der Waals surface area contributed by atoms with Gasteiger partial charge in [0.25, 0.3) is 0 Å². The molecule has 2 aliphatic rings. The van der Waals surface area contributed by atoms with Crippen molar-refractivity contribution in [3.8, 4) is 11.5 Å². The van der Waals surface area contributed by atoms with Gasteiger partial charge >= 0.3 is 0 Å². The Kier molecular flexibility index (Phi) is 7.12. The molecule has 0 bridgehead atoms. The van der Waals surface area contributed by atoms with E-state index in [4.69, 9.17) is 19.3 Å². The Bertz CT molecular complexity index is 905. The number of methoxy groups -OCH3 is 2. The molecule has 31 heavy (non-hydrogen) atoms. The first-order valence-electron chi connectivity index (χ1n) is 10.9. The van der Waals surface area contributed by atoms with Crippen molar-refractivity contribution in [2.45, 2.75) is 32.2 Å². The van der Waals surface area contributed by atoms with Crippen LogP contribution < -0.4 is 15.0 Å². The molecule has 0 unspecified atom stereocenters. The summed E-state index contributed by atoms with van der Waals surface area (Å²) in [5.41, 5.74) is 9.05. The number of hydrogen-bond donors (Lipinski definition) is 1. The van der Waals surface area contributed by atoms with E-state index in [2.05, 4.69) is 46.8 Å². The normalized spacial score (nSPS) is 17.0. The van der Waals surface area contributed by atoms with Crippen LogP contribution in [0.2, 0.25) is 0 Å². The molecule has 2 aromatic carbocycles. The Morgan fingerprint density at radius 1 is 0.968 bits per heavy atom. The summed E-state index contributed by atoms with van der Waals surface area (Å²) >= 11 is 0. The number of hydrogen-bond acceptors (Lipinski definition) is 6. The summed E-state index contributed by atoms with van der Waals surface area (Å²) < 4.78 is 11.0. The molecule has 0 saturated carbocycles. The van der Waals surface area contributed by atoms with Crippen molar-refractivity contribution in [1.29, 1.82) is 0 Å². The standard InChI is InChI=1S/C25H32N2O4/c1-28-23-15-20-14-21(25(26-31-30-3)22(20)16-24(23)29-2)13-18-9-11-27(12-10-18)17-19-7-5-4-6-8-19/h4-8,15-16,18,26H,9-14,17H2,1-3H3. The van der Waals surface area contributed by atoms with Gasteiger partial charge in [-0.25, -0.2) is 10.4 Å². The SMILES string of the molecule is COONC1=C(CC2CCN(Cc3ccccc3)CC2)Cc2cc(OC)c(OC)cc21. The predicted octanol–water partition coefficient (Wildman–Crippen LogP) is 4.36. The molecule has 1 fully saturated rings. The topological polar surface area (TPSA) is 52.2 Å². The Balaban J connectivity index is 1.43. The van der Waals surface area contributed by atoms with E-state index >= 15 is 0 Å². The molecule has 1 aliphatic carbocycles. The van der Waals surface area contributed by atoms with Gasteiger partial charge in [-0.05, 0) is 73.5 Å². The van der Waals surface area contributed by atoms with Crippen LogP contribution in [-0.2, 0) is 22.8 Å². The summed E-state index contributed by atoms with van der Waals surface area (Å²) in [5, 5.41) is 0. The molecule has 1 aliphatic heterocycles. The monoisotopic (exact) mass is 424 g/mol. The highest BCUT2D eigenvalue weighted by molar-refractivity contribution is 5.77. The van der Waals surface area contributed by atoms with E-state index in [0.717, 1.165) is 49.5 Å². The fraction of sp³-hybridized carbons (Fsp3) is 0.440. The molecule has 0 radical (unpaired) electrons. The summed E-state index contributed by atoms with van der Waals surface area (Å²) in [7, 11) is 4.83. The van der Waals surface area contributed by atoms with Gasteiger partial charge in [-0.2, -0.15) is 0 Å². The zero-order valence-electron chi connectivity index (χ0n) is 18.6. The lowest BCUT2D eigenvalue weighted by molar-refractivity contribution is -0.303. The molecule has 6 nitrogen and oxygen atoms in total. The first-order chi connectivity index (χ1) is 15.2. The van der Waals surface area contributed by atoms with E-state index < -0.39 is 0 Å². The third-order valence-electron chi connectivity index (χ3n) is 6.35. The van der Waals surface area contributed by atoms with Gasteiger partial charge in [0.15, 0.2) is 11.5 Å². The van der Waals surface area contributed by atoms with Crippen molar-refractivity contribution < 1.29 is 19.3 Å². The van der Waals surface area contributed by atoms with E-state index in [1.807, 2.05) is 6.07 Å². The minimum absolute atomic E-state index is 0.666. The summed E-state index contributed by atoms with van der Waals surface area (Å²) in [4.78, 5) is 12.5. The molecule has 0 amide bonds. The molecule has 1 saturated heterocycles. The number of fused-ring (bicyclic) bond motifs is 1. The lowest BCUT2D eigenvalue weighted by Crippen LogP contribution is -2.33. The maximum Gasteiger partial charge on any atom is 0.161 e. The fourth-order valence-corrected chi connectivity index (χ4v) is 4.73. The number of allylic oxidation sites excluding steroid dienone is 1. The number of likely N-dealkylation sites (tertiary alicyclic amines) is 1. The van der Waals surface area contributed by atoms with Gasteiger partial charge in [0.1, 0.15) is 0 Å². The minimum Gasteiger partial charge on any atom is -0.493 e. The molecule has 6 heteroatoms. The van der Waals surface area contributed by atoms with Crippen molar-refractivity contribution in [2.24, 2.45) is 5.92 Å². The van der Waals surface area contributed by atoms with Gasteiger partial charge < -0.3 is 9.47 Å². The summed E-state index contributed by atoms with van der Waals surface area (Å²) in [6.45, 7) is 3.31. The van der Waals surface area contributed by atoms with Crippen molar-refractivity contribution in [3.05, 3.63) is 64.7 Å². The van der Waals surface area contributed by atoms with Gasteiger partial charge in [0.2, 0.25) is 0 Å². The van der Waals surface area contributed by atoms with Crippen LogP contribution in [0.1, 0.15) is 36.0 Å². The zero-order chi connectivity index (χ0) is 21.6. The molecule has 1 heterocycles. The summed E-state index contributed by atoms with van der Waals surface area (Å²) in [5.74, 6) is 2.14. The van der Waals surface area contributed by atoms with E-state index in [1.165, 1.54) is 36.7 Å². The zero-order valence-corrected chi connectivity index (χ0v) is 18.6. The number of nitrogens with zero attached hydrogens (tertiary/aromatic N) is 1. The van der Waals surface area contributed by atoms with Crippen LogP contribution in [0.4, 0.5) is 0 Å². The molecule has 0 atom stereocenters. The molecule has 0 spiro atoms. The number of hydroxylamine groups is 1. The van der Waals surface area contributed by atoms with Crippen LogP contribution in [0.15, 0.2) is 48.0 Å². The van der Waals surface area contributed by atoms with Crippen LogP contribution in [0.25, 0.3) is 5.70 Å². The first kappa shape index (κ1) is 21.7. The maximum atomic E-state index is 5.51. The van der Waals surface area contributed by atoms with E-state index in [9.17, 15) is 0 Å². The van der Waals surface area contributed by atoms with Gasteiger partial charge in [-0.1, -0.05) is 30.3 Å². The molecule has 0 aromatic heterocycles. The predicted molar refractivity (Wildman–Crippen MR) is 120 cm³/mol. The second kappa shape index (κ2) is 10.2. The van der Waals surface area contributed by atoms with Crippen LogP contribution in [0, 0.1) is 5.92 Å². The van der Waals surface area contributed by atoms with Gasteiger partial charge in [-0.15, -0.1) is 4.99 Å². The fourth-order valence-electron chi connectivity index (χ4n) is 4.73. The number of nitrogens with one attached hydrogen (secondary N) is 1. The van der Waals surface area contributed by atoms with E-state index in [-0.39, 0.29) is 0 Å². The van der Waals surface area contributed by atoms with Crippen LogP contribution >= 0.6 is 0 Å². The summed E-state index contributed by atoms with van der Waals surface area (Å²) in [6, 6.07) is 14.8. The Morgan fingerprint density at radius 2 is 1.68 bits per heavy atom. The van der Waals surface area contributed by atoms with Crippen molar-refractivity contribution >= 4 is 5.70 Å². The largest absolute Gasteiger partial charge is 0.493 e. The van der Waals surface area contributed by atoms with Crippen molar-refractivity contribution in [3.63, 3.8) is 0 Å². The first-order valence-corrected chi connectivity index (χ1v) is 10.9. The number of piperidine rings is 1. The van der Waals surface area contributed by atoms with E-state index in [0.29, 0.717) is 11.7 Å². The van der Waals surface area contributed by atoms with Crippen molar-refractivity contribution in [2.75, 3.05) is 34.4 Å². The second-order valence-corrected chi connectivity index (χ2v) is 8.28. The van der Waals surface area contributed by atoms with Gasteiger partial charge in [0, 0.05) is 12.1 Å². The highest BCUT2D eigenvalue weighted by Gasteiger charge is 2.28. The molecular formula is C25H32N2O4. The maximum absolute atomic E-state index is 5.51. The summed E-state index contributed by atoms with van der Waals surface area (Å²) in [6.07, 6.45) is 4.35. The van der Waals surface area contributed by atoms with E-state index in [1.54, 1.807) is 14.2 Å². The lowest BCUT2D eigenvalue weighted by Gasteiger charge is -2.32. The number of ether oxygens (including phenoxy) is 2. The Labute approximate surface area is 184 Å². The molecular weight excluding hydrogens is 392 g/mol. The van der Waals surface area contributed by atoms with Gasteiger partial charge in [0.05, 0.1) is 27.0 Å². The average molecular weight is 425 g/mol. The highest BCUT2D eigenvalue weighted by Crippen LogP contribution is 2.41. The Morgan fingerprint density at radius 3 is 2.35 bits per heavy atom. The van der Waals surface area contributed by atoms with Crippen LogP contribution in [0.5, 0.6) is 11.5 Å². The number of benzene rings is 2. The lowest BCUT2D eigenvalue weighted by atomic mass is 9.89. The third-order valence-corrected chi connectivity index (χ3v) is 6.35. The quantitative estimate of drug-likeness (QED) is 0.477.